The van der Waals surface area contributed by atoms with Gasteiger partial charge in [-0.2, -0.15) is 0 Å². The number of phenols is 1. The van der Waals surface area contributed by atoms with Crippen molar-refractivity contribution < 1.29 is 9.84 Å². The molecule has 1 atom stereocenters. The van der Waals surface area contributed by atoms with E-state index in [1.807, 2.05) is 24.3 Å². The number of hydrogen-bond donors (Lipinski definition) is 2. The Bertz CT molecular complexity index is 582. The second kappa shape index (κ2) is 7.82. The van der Waals surface area contributed by atoms with Crippen LogP contribution in [0.5, 0.6) is 11.5 Å². The zero-order valence-electron chi connectivity index (χ0n) is 13.4. The largest absolute Gasteiger partial charge is 0.508 e. The number of aromatic hydroxyl groups is 1. The number of nitrogens with zero attached hydrogens (tertiary/aromatic N) is 1. The molecule has 118 valence electrons. The molecule has 0 heterocycles. The van der Waals surface area contributed by atoms with Crippen LogP contribution in [0.25, 0.3) is 0 Å². The Labute approximate surface area is 132 Å². The molecule has 0 aliphatic rings. The van der Waals surface area contributed by atoms with Gasteiger partial charge >= 0.3 is 0 Å². The Morgan fingerprint density at radius 1 is 1.14 bits per heavy atom. The van der Waals surface area contributed by atoms with E-state index in [9.17, 15) is 5.11 Å². The van der Waals surface area contributed by atoms with Crippen LogP contribution in [0.2, 0.25) is 0 Å². The molecule has 0 aromatic heterocycles. The summed E-state index contributed by atoms with van der Waals surface area (Å²) in [6.45, 7) is 1.61. The lowest BCUT2D eigenvalue weighted by molar-refractivity contribution is 0.287. The standard InChI is InChI=1S/C18H24N2O2/c1-20(2)18(15-5-4-6-17(11-15)22-3)13-19-12-14-7-9-16(21)10-8-14/h4-11,18-19,21H,12-13H2,1-3H3. The number of rotatable bonds is 7. The van der Waals surface area contributed by atoms with Crippen LogP contribution in [0.3, 0.4) is 0 Å². The van der Waals surface area contributed by atoms with Crippen molar-refractivity contribution >= 4 is 0 Å². The smallest absolute Gasteiger partial charge is 0.119 e. The van der Waals surface area contributed by atoms with Gasteiger partial charge in [-0.3, -0.25) is 0 Å². The van der Waals surface area contributed by atoms with E-state index in [0.29, 0.717) is 5.75 Å². The average Bonchev–Trinajstić information content (AvgIpc) is 2.53. The number of likely N-dealkylation sites (N-methyl/N-ethyl adjacent to an activating group) is 1. The summed E-state index contributed by atoms with van der Waals surface area (Å²) < 4.78 is 5.31. The fourth-order valence-electron chi connectivity index (χ4n) is 2.41. The van der Waals surface area contributed by atoms with E-state index in [1.165, 1.54) is 5.56 Å². The van der Waals surface area contributed by atoms with Gasteiger partial charge in [-0.05, 0) is 49.5 Å². The highest BCUT2D eigenvalue weighted by molar-refractivity contribution is 5.31. The minimum atomic E-state index is 0.271. The molecule has 4 nitrogen and oxygen atoms in total. The minimum Gasteiger partial charge on any atom is -0.508 e. The summed E-state index contributed by atoms with van der Waals surface area (Å²) >= 11 is 0. The molecule has 0 spiro atoms. The van der Waals surface area contributed by atoms with E-state index >= 15 is 0 Å². The number of phenolic OH excluding ortho intramolecular Hbond substituents is 1. The van der Waals surface area contributed by atoms with E-state index in [0.717, 1.165) is 24.4 Å². The zero-order chi connectivity index (χ0) is 15.9. The predicted molar refractivity (Wildman–Crippen MR) is 89.2 cm³/mol. The first-order valence-corrected chi connectivity index (χ1v) is 7.39. The summed E-state index contributed by atoms with van der Waals surface area (Å²) in [5.41, 5.74) is 2.38. The van der Waals surface area contributed by atoms with Crippen LogP contribution in [-0.2, 0) is 6.54 Å². The maximum Gasteiger partial charge on any atom is 0.119 e. The first-order valence-electron chi connectivity index (χ1n) is 7.39. The van der Waals surface area contributed by atoms with Crippen molar-refractivity contribution in [2.24, 2.45) is 0 Å². The fraction of sp³-hybridized carbons (Fsp3) is 0.333. The van der Waals surface area contributed by atoms with E-state index < -0.39 is 0 Å². The normalized spacial score (nSPS) is 12.4. The van der Waals surface area contributed by atoms with Crippen LogP contribution >= 0.6 is 0 Å². The molecule has 0 fully saturated rings. The van der Waals surface area contributed by atoms with Crippen molar-refractivity contribution in [3.05, 3.63) is 59.7 Å². The lowest BCUT2D eigenvalue weighted by atomic mass is 10.1. The molecule has 4 heteroatoms. The molecule has 2 aromatic rings. The van der Waals surface area contributed by atoms with Crippen molar-refractivity contribution in [2.45, 2.75) is 12.6 Å². The van der Waals surface area contributed by atoms with Crippen LogP contribution < -0.4 is 10.1 Å². The van der Waals surface area contributed by atoms with Gasteiger partial charge in [0.1, 0.15) is 11.5 Å². The van der Waals surface area contributed by atoms with Crippen molar-refractivity contribution in [3.8, 4) is 11.5 Å². The highest BCUT2D eigenvalue weighted by Gasteiger charge is 2.14. The van der Waals surface area contributed by atoms with Crippen LogP contribution in [0, 0.1) is 0 Å². The number of hydrogen-bond acceptors (Lipinski definition) is 4. The first-order chi connectivity index (χ1) is 10.6. The maximum atomic E-state index is 9.30. The molecule has 0 aliphatic carbocycles. The summed E-state index contributed by atoms with van der Waals surface area (Å²) in [4.78, 5) is 2.19. The van der Waals surface area contributed by atoms with E-state index in [1.54, 1.807) is 19.2 Å². The molecule has 0 saturated carbocycles. The molecular formula is C18H24N2O2. The van der Waals surface area contributed by atoms with Gasteiger partial charge in [0.25, 0.3) is 0 Å². The lowest BCUT2D eigenvalue weighted by Crippen LogP contribution is -2.30. The number of ether oxygens (including phenoxy) is 1. The summed E-state index contributed by atoms with van der Waals surface area (Å²) in [5, 5.41) is 12.8. The molecule has 0 aliphatic heterocycles. The van der Waals surface area contributed by atoms with Gasteiger partial charge in [-0.15, -0.1) is 0 Å². The van der Waals surface area contributed by atoms with Gasteiger partial charge in [-0.25, -0.2) is 0 Å². The van der Waals surface area contributed by atoms with Gasteiger partial charge in [0, 0.05) is 19.1 Å². The molecule has 22 heavy (non-hydrogen) atoms. The molecule has 0 radical (unpaired) electrons. The van der Waals surface area contributed by atoms with Gasteiger partial charge < -0.3 is 20.1 Å². The van der Waals surface area contributed by atoms with Crippen LogP contribution in [-0.4, -0.2) is 37.8 Å². The third-order valence-corrected chi connectivity index (χ3v) is 3.71. The van der Waals surface area contributed by atoms with Crippen LogP contribution in [0.1, 0.15) is 17.2 Å². The SMILES string of the molecule is COc1cccc(C(CNCc2ccc(O)cc2)N(C)C)c1. The summed E-state index contributed by atoms with van der Waals surface area (Å²) in [7, 11) is 5.84. The lowest BCUT2D eigenvalue weighted by Gasteiger charge is -2.25. The Hall–Kier alpha value is -2.04. The fourth-order valence-corrected chi connectivity index (χ4v) is 2.41. The monoisotopic (exact) mass is 300 g/mol. The second-order valence-corrected chi connectivity index (χ2v) is 5.55. The molecule has 2 N–H and O–H groups in total. The molecule has 2 rings (SSSR count). The topological polar surface area (TPSA) is 44.7 Å². The van der Waals surface area contributed by atoms with Crippen molar-refractivity contribution in [1.29, 1.82) is 0 Å². The second-order valence-electron chi connectivity index (χ2n) is 5.55. The van der Waals surface area contributed by atoms with Gasteiger partial charge in [0.2, 0.25) is 0 Å². The number of methoxy groups -OCH3 is 1. The highest BCUT2D eigenvalue weighted by Crippen LogP contribution is 2.22. The Morgan fingerprint density at radius 2 is 1.86 bits per heavy atom. The molecule has 0 bridgehead atoms. The summed E-state index contributed by atoms with van der Waals surface area (Å²) in [6, 6.07) is 15.7. The third-order valence-electron chi connectivity index (χ3n) is 3.71. The van der Waals surface area contributed by atoms with E-state index in [-0.39, 0.29) is 6.04 Å². The first kappa shape index (κ1) is 16.3. The Morgan fingerprint density at radius 3 is 2.50 bits per heavy atom. The number of benzene rings is 2. The van der Waals surface area contributed by atoms with Gasteiger partial charge in [0.05, 0.1) is 7.11 Å². The maximum absolute atomic E-state index is 9.30. The van der Waals surface area contributed by atoms with E-state index in [4.69, 9.17) is 4.74 Å². The van der Waals surface area contributed by atoms with Gasteiger partial charge in [0.15, 0.2) is 0 Å². The molecule has 2 aromatic carbocycles. The van der Waals surface area contributed by atoms with Crippen molar-refractivity contribution in [1.82, 2.24) is 10.2 Å². The predicted octanol–water partition coefficient (Wildman–Crippen LogP) is 2.79. The highest BCUT2D eigenvalue weighted by atomic mass is 16.5. The summed E-state index contributed by atoms with van der Waals surface area (Å²) in [5.74, 6) is 1.18. The molecule has 0 amide bonds. The third kappa shape index (κ3) is 4.48. The summed E-state index contributed by atoms with van der Waals surface area (Å²) in [6.07, 6.45) is 0. The Kier molecular flexibility index (Phi) is 5.81. The number of nitrogens with one attached hydrogen (secondary N) is 1. The average molecular weight is 300 g/mol. The molecular weight excluding hydrogens is 276 g/mol. The van der Waals surface area contributed by atoms with Crippen LogP contribution in [0.15, 0.2) is 48.5 Å². The van der Waals surface area contributed by atoms with E-state index in [2.05, 4.69) is 36.4 Å². The quantitative estimate of drug-likeness (QED) is 0.825. The Balaban J connectivity index is 1.98. The molecule has 0 saturated heterocycles. The van der Waals surface area contributed by atoms with Gasteiger partial charge in [-0.1, -0.05) is 24.3 Å². The zero-order valence-corrected chi connectivity index (χ0v) is 13.4. The molecule has 1 unspecified atom stereocenters. The van der Waals surface area contributed by atoms with Crippen molar-refractivity contribution in [2.75, 3.05) is 27.7 Å². The minimum absolute atomic E-state index is 0.271. The van der Waals surface area contributed by atoms with Crippen LogP contribution in [0.4, 0.5) is 0 Å². The van der Waals surface area contributed by atoms with Crippen molar-refractivity contribution in [3.63, 3.8) is 0 Å².